The van der Waals surface area contributed by atoms with Crippen LogP contribution in [0.5, 0.6) is 5.75 Å². The maximum absolute atomic E-state index is 12.5. The van der Waals surface area contributed by atoms with Gasteiger partial charge in [-0.2, -0.15) is 13.2 Å². The van der Waals surface area contributed by atoms with E-state index in [0.717, 1.165) is 11.1 Å². The van der Waals surface area contributed by atoms with Crippen LogP contribution >= 0.6 is 15.9 Å². The molecule has 1 aromatic carbocycles. The number of aromatic nitrogens is 3. The minimum atomic E-state index is -4.40. The topological polar surface area (TPSA) is 61.0 Å². The number of nitrogens with zero attached hydrogens (tertiary/aromatic N) is 3. The van der Waals surface area contributed by atoms with Crippen molar-refractivity contribution < 1.29 is 22.3 Å². The molecule has 3 rings (SSSR count). The second kappa shape index (κ2) is 8.69. The molecule has 0 unspecified atom stereocenters. The van der Waals surface area contributed by atoms with Gasteiger partial charge in [0.05, 0.1) is 5.52 Å². The van der Waals surface area contributed by atoms with Gasteiger partial charge in [0, 0.05) is 21.3 Å². The van der Waals surface area contributed by atoms with Crippen molar-refractivity contribution in [2.75, 3.05) is 6.61 Å². The fourth-order valence-electron chi connectivity index (χ4n) is 2.70. The number of ether oxygens (including phenoxy) is 1. The zero-order valence-electron chi connectivity index (χ0n) is 17.1. The lowest BCUT2D eigenvalue weighted by Crippen LogP contribution is -2.20. The van der Waals surface area contributed by atoms with Crippen molar-refractivity contribution in [2.24, 2.45) is 0 Å². The van der Waals surface area contributed by atoms with Crippen LogP contribution in [0.4, 0.5) is 13.2 Å². The molecule has 0 saturated carbocycles. The second-order valence-electron chi connectivity index (χ2n) is 7.21. The summed E-state index contributed by atoms with van der Waals surface area (Å²) in [5.74, 6) is 0.409. The Bertz CT molecular complexity index is 995. The van der Waals surface area contributed by atoms with Gasteiger partial charge in [0.25, 0.3) is 10.7 Å². The first-order valence-corrected chi connectivity index (χ1v) is 9.88. The summed E-state index contributed by atoms with van der Waals surface area (Å²) in [6.07, 6.45) is -4.40. The number of rotatable bonds is 3. The molecule has 0 fully saturated rings. The maximum Gasteiger partial charge on any atom is 0.422 e. The molecule has 0 bridgehead atoms. The Morgan fingerprint density at radius 1 is 1.07 bits per heavy atom. The normalized spacial score (nSPS) is 11.9. The van der Waals surface area contributed by atoms with Crippen LogP contribution in [0, 0.1) is 6.92 Å². The van der Waals surface area contributed by atoms with Crippen molar-refractivity contribution in [3.63, 3.8) is 0 Å². The summed E-state index contributed by atoms with van der Waals surface area (Å²) in [7, 11) is 0. The molecule has 2 heterocycles. The number of hydrogen-bond donors (Lipinski definition) is 0. The molecule has 0 aliphatic carbocycles. The average molecular weight is 474 g/mol. The minimum Gasteiger partial charge on any atom is -0.484 e. The summed E-state index contributed by atoms with van der Waals surface area (Å²) in [5.41, 5.74) is 2.36. The van der Waals surface area contributed by atoms with E-state index in [0.29, 0.717) is 16.6 Å². The monoisotopic (exact) mass is 473 g/mol. The van der Waals surface area contributed by atoms with Crippen molar-refractivity contribution in [2.45, 2.75) is 53.1 Å². The van der Waals surface area contributed by atoms with Gasteiger partial charge >= 0.3 is 6.18 Å². The van der Waals surface area contributed by atoms with E-state index in [2.05, 4.69) is 31.1 Å². The van der Waals surface area contributed by atoms with Crippen molar-refractivity contribution >= 4 is 26.8 Å². The third-order valence-electron chi connectivity index (χ3n) is 3.92. The lowest BCUT2D eigenvalue weighted by molar-refractivity contribution is -0.153. The van der Waals surface area contributed by atoms with Gasteiger partial charge in [0.1, 0.15) is 11.4 Å². The predicted molar refractivity (Wildman–Crippen MR) is 109 cm³/mol. The summed E-state index contributed by atoms with van der Waals surface area (Å²) >= 11 is 3.11. The first-order valence-electron chi connectivity index (χ1n) is 9.09. The van der Waals surface area contributed by atoms with Gasteiger partial charge in [-0.1, -0.05) is 34.6 Å². The van der Waals surface area contributed by atoms with Crippen LogP contribution in [-0.4, -0.2) is 28.0 Å². The molecule has 5 nitrogen and oxygen atoms in total. The third-order valence-corrected chi connectivity index (χ3v) is 4.24. The van der Waals surface area contributed by atoms with Crippen molar-refractivity contribution in [3.05, 3.63) is 34.1 Å². The van der Waals surface area contributed by atoms with Gasteiger partial charge in [-0.05, 0) is 41.7 Å². The number of pyridine rings is 1. The molecule has 0 saturated heterocycles. The zero-order chi connectivity index (χ0) is 22.0. The fourth-order valence-corrected chi connectivity index (χ4v) is 2.94. The van der Waals surface area contributed by atoms with Crippen LogP contribution in [0.15, 0.2) is 27.4 Å². The molecule has 0 atom stereocenters. The van der Waals surface area contributed by atoms with E-state index >= 15 is 0 Å². The smallest absolute Gasteiger partial charge is 0.422 e. The molecule has 0 amide bonds. The third kappa shape index (κ3) is 5.68. The Kier molecular flexibility index (Phi) is 6.93. The first-order chi connectivity index (χ1) is 13.4. The van der Waals surface area contributed by atoms with E-state index < -0.39 is 12.8 Å². The molecule has 0 spiro atoms. The molecule has 3 aromatic rings. The lowest BCUT2D eigenvalue weighted by atomic mass is 9.84. The van der Waals surface area contributed by atoms with Gasteiger partial charge in [-0.25, -0.2) is 4.98 Å². The van der Waals surface area contributed by atoms with E-state index in [1.165, 1.54) is 0 Å². The largest absolute Gasteiger partial charge is 0.484 e. The highest BCUT2D eigenvalue weighted by Gasteiger charge is 2.29. The van der Waals surface area contributed by atoms with Crippen LogP contribution in [0.2, 0.25) is 0 Å². The van der Waals surface area contributed by atoms with Crippen molar-refractivity contribution in [1.29, 1.82) is 0 Å². The van der Waals surface area contributed by atoms with Gasteiger partial charge in [-0.15, -0.1) is 10.2 Å². The zero-order valence-corrected chi connectivity index (χ0v) is 18.7. The van der Waals surface area contributed by atoms with E-state index in [1.807, 2.05) is 41.5 Å². The Balaban J connectivity index is 0.00000145. The van der Waals surface area contributed by atoms with E-state index in [9.17, 15) is 13.2 Å². The summed E-state index contributed by atoms with van der Waals surface area (Å²) < 4.78 is 48.0. The summed E-state index contributed by atoms with van der Waals surface area (Å²) in [5, 5.41) is 8.40. The minimum absolute atomic E-state index is 0.155. The molecule has 0 aliphatic heterocycles. The maximum atomic E-state index is 12.5. The molecule has 0 aliphatic rings. The van der Waals surface area contributed by atoms with Crippen LogP contribution < -0.4 is 4.74 Å². The van der Waals surface area contributed by atoms with Crippen LogP contribution in [0.3, 0.4) is 0 Å². The highest BCUT2D eigenvalue weighted by atomic mass is 79.9. The molecular weight excluding hydrogens is 451 g/mol. The highest BCUT2D eigenvalue weighted by Crippen LogP contribution is 2.36. The molecule has 9 heteroatoms. The molecular formula is C20H23BrF3N3O2. The first kappa shape index (κ1) is 23.1. The van der Waals surface area contributed by atoms with Crippen LogP contribution in [0.1, 0.15) is 45.7 Å². The highest BCUT2D eigenvalue weighted by molar-refractivity contribution is 9.10. The van der Waals surface area contributed by atoms with Crippen molar-refractivity contribution in [3.8, 4) is 17.3 Å². The molecule has 0 radical (unpaired) electrons. The average Bonchev–Trinajstić information content (AvgIpc) is 3.06. The fraction of sp³-hybridized carbons (Fsp3) is 0.450. The predicted octanol–water partition coefficient (Wildman–Crippen LogP) is 6.62. The van der Waals surface area contributed by atoms with Crippen LogP contribution in [-0.2, 0) is 5.41 Å². The van der Waals surface area contributed by atoms with E-state index in [4.69, 9.17) is 9.15 Å². The Labute approximate surface area is 175 Å². The molecule has 0 N–H and O–H groups in total. The van der Waals surface area contributed by atoms with Gasteiger partial charge in [0.2, 0.25) is 0 Å². The van der Waals surface area contributed by atoms with Crippen molar-refractivity contribution in [1.82, 2.24) is 15.2 Å². The SMILES string of the molecule is CC.Cc1cc(-c2nnc(Br)o2)nc2c(C(C)(C)C)cc(OCC(F)(F)F)cc12. The second-order valence-corrected chi connectivity index (χ2v) is 7.88. The summed E-state index contributed by atoms with van der Waals surface area (Å²) in [6.45, 7) is 10.4. The number of fused-ring (bicyclic) bond motifs is 1. The number of alkyl halides is 3. The number of aryl methyl sites for hydroxylation is 1. The Morgan fingerprint density at radius 2 is 1.72 bits per heavy atom. The van der Waals surface area contributed by atoms with E-state index in [-0.39, 0.29) is 21.9 Å². The molecule has 158 valence electrons. The Hall–Kier alpha value is -2.16. The lowest BCUT2D eigenvalue weighted by Gasteiger charge is -2.23. The standard InChI is InChI=1S/C18H17BrF3N3O2.C2H6/c1-9-5-13(15-24-25-16(19)27-15)23-14-11(9)6-10(26-8-18(20,21)22)7-12(14)17(2,3)4;1-2/h5-7H,8H2,1-4H3;1-2H3. The number of benzene rings is 1. The molecule has 2 aromatic heterocycles. The number of halogens is 4. The quantitative estimate of drug-likeness (QED) is 0.427. The van der Waals surface area contributed by atoms with Gasteiger partial charge in [-0.3, -0.25) is 0 Å². The number of hydrogen-bond acceptors (Lipinski definition) is 5. The summed E-state index contributed by atoms with van der Waals surface area (Å²) in [6, 6.07) is 4.93. The van der Waals surface area contributed by atoms with Crippen LogP contribution in [0.25, 0.3) is 22.5 Å². The van der Waals surface area contributed by atoms with Gasteiger partial charge in [0.15, 0.2) is 6.61 Å². The Morgan fingerprint density at radius 3 is 2.24 bits per heavy atom. The van der Waals surface area contributed by atoms with E-state index in [1.54, 1.807) is 18.2 Å². The van der Waals surface area contributed by atoms with Gasteiger partial charge < -0.3 is 9.15 Å². The molecule has 29 heavy (non-hydrogen) atoms. The summed E-state index contributed by atoms with van der Waals surface area (Å²) in [4.78, 5) is 4.88.